The summed E-state index contributed by atoms with van der Waals surface area (Å²) in [5, 5.41) is 42.8. The number of fused-ring (bicyclic) bond motifs is 3. The molecule has 3 rings (SSSR count). The summed E-state index contributed by atoms with van der Waals surface area (Å²) in [7, 11) is 1.37. The van der Waals surface area contributed by atoms with E-state index in [0.717, 1.165) is 0 Å². The van der Waals surface area contributed by atoms with Crippen molar-refractivity contribution in [1.82, 2.24) is 0 Å². The van der Waals surface area contributed by atoms with Gasteiger partial charge in [0, 0.05) is 22.5 Å². The number of carbonyl (C=O) groups is 2. The minimum atomic E-state index is -1.59. The van der Waals surface area contributed by atoms with Gasteiger partial charge in [-0.3, -0.25) is 9.59 Å². The van der Waals surface area contributed by atoms with E-state index in [2.05, 4.69) is 0 Å². The molecule has 4 atom stereocenters. The van der Waals surface area contributed by atoms with E-state index in [9.17, 15) is 30.0 Å². The Balaban J connectivity index is 2.43. The van der Waals surface area contributed by atoms with E-state index < -0.39 is 34.6 Å². The van der Waals surface area contributed by atoms with Gasteiger partial charge in [-0.15, -0.1) is 0 Å². The Bertz CT molecular complexity index is 859. The summed E-state index contributed by atoms with van der Waals surface area (Å²) >= 11 is 0. The van der Waals surface area contributed by atoms with Crippen molar-refractivity contribution in [2.24, 2.45) is 11.3 Å². The molecule has 0 spiro atoms. The lowest BCUT2D eigenvalue weighted by Gasteiger charge is -2.54. The molecule has 1 fully saturated rings. The topological polar surface area (TPSA) is 124 Å². The molecule has 0 aromatic heterocycles. The number of carboxylic acids is 1. The molecule has 28 heavy (non-hydrogen) atoms. The van der Waals surface area contributed by atoms with Crippen LogP contribution in [0.2, 0.25) is 0 Å². The first kappa shape index (κ1) is 20.5. The lowest BCUT2D eigenvalue weighted by Crippen LogP contribution is -2.60. The van der Waals surface area contributed by atoms with E-state index >= 15 is 0 Å². The zero-order valence-corrected chi connectivity index (χ0v) is 16.9. The number of phenols is 2. The maximum atomic E-state index is 13.1. The Hall–Kier alpha value is -2.28. The van der Waals surface area contributed by atoms with Crippen molar-refractivity contribution in [2.45, 2.75) is 64.4 Å². The van der Waals surface area contributed by atoms with E-state index in [-0.39, 0.29) is 39.9 Å². The normalized spacial score (nSPS) is 32.0. The number of hydrogen-bond donors (Lipinski definition) is 4. The fraction of sp³-hybridized carbons (Fsp3) is 0.619. The van der Waals surface area contributed by atoms with Gasteiger partial charge < -0.3 is 25.2 Å². The number of carbonyl (C=O) groups excluding carboxylic acids is 1. The van der Waals surface area contributed by atoms with Crippen LogP contribution in [0.1, 0.15) is 74.4 Å². The molecule has 0 aliphatic heterocycles. The van der Waals surface area contributed by atoms with Crippen LogP contribution >= 0.6 is 0 Å². The van der Waals surface area contributed by atoms with Crippen molar-refractivity contribution in [2.75, 3.05) is 7.11 Å². The van der Waals surface area contributed by atoms with Gasteiger partial charge in [0.15, 0.2) is 17.3 Å². The summed E-state index contributed by atoms with van der Waals surface area (Å²) in [5.41, 5.74) is -2.01. The highest BCUT2D eigenvalue weighted by atomic mass is 16.5. The quantitative estimate of drug-likeness (QED) is 0.583. The second kappa shape index (κ2) is 6.37. The van der Waals surface area contributed by atoms with Gasteiger partial charge in [0.1, 0.15) is 11.9 Å². The highest BCUT2D eigenvalue weighted by Gasteiger charge is 2.62. The van der Waals surface area contributed by atoms with E-state index in [1.807, 2.05) is 0 Å². The number of aliphatic carboxylic acids is 1. The molecule has 2 aliphatic rings. The largest absolute Gasteiger partial charge is 0.507 e. The standard InChI is InChI=1S/C21H28O7/c1-9(2)10-13(22)11-12(15(24)17(10)28-5)20(3)7-6-8-21(4,19(26)27)18(20)16(25)14(11)23/h9,16,18,22,24-25H,6-8H2,1-5H3,(H,26,27)/t16-,18-,20-,21+/m1/s1. The summed E-state index contributed by atoms with van der Waals surface area (Å²) in [4.78, 5) is 25.2. The molecule has 1 aromatic rings. The summed E-state index contributed by atoms with van der Waals surface area (Å²) in [5.74, 6) is -3.54. The third-order valence-corrected chi connectivity index (χ3v) is 6.88. The highest BCUT2D eigenvalue weighted by molar-refractivity contribution is 6.07. The van der Waals surface area contributed by atoms with Crippen LogP contribution in [0.3, 0.4) is 0 Å². The lowest BCUT2D eigenvalue weighted by atomic mass is 9.48. The van der Waals surface area contributed by atoms with E-state index in [1.165, 1.54) is 14.0 Å². The number of benzene rings is 1. The second-order valence-electron chi connectivity index (χ2n) is 8.83. The zero-order valence-electron chi connectivity index (χ0n) is 16.9. The molecule has 0 heterocycles. The molecule has 0 amide bonds. The minimum absolute atomic E-state index is 0.0815. The first-order chi connectivity index (χ1) is 12.9. The molecule has 0 radical (unpaired) electrons. The average Bonchev–Trinajstić information content (AvgIpc) is 2.60. The number of rotatable bonds is 3. The Morgan fingerprint density at radius 2 is 1.79 bits per heavy atom. The molecule has 7 nitrogen and oxygen atoms in total. The third kappa shape index (κ3) is 2.38. The monoisotopic (exact) mass is 392 g/mol. The molecule has 1 aromatic carbocycles. The minimum Gasteiger partial charge on any atom is -0.507 e. The first-order valence-corrected chi connectivity index (χ1v) is 9.55. The fourth-order valence-corrected chi connectivity index (χ4v) is 5.61. The molecule has 0 bridgehead atoms. The number of carboxylic acid groups (broad SMARTS) is 1. The molecule has 2 aliphatic carbocycles. The van der Waals surface area contributed by atoms with Crippen LogP contribution in [0.15, 0.2) is 0 Å². The summed E-state index contributed by atoms with van der Waals surface area (Å²) in [6.07, 6.45) is -0.256. The molecule has 1 saturated carbocycles. The van der Waals surface area contributed by atoms with Crippen LogP contribution < -0.4 is 4.74 Å². The number of methoxy groups -OCH3 is 1. The van der Waals surface area contributed by atoms with Crippen LogP contribution in [-0.2, 0) is 10.2 Å². The predicted octanol–water partition coefficient (Wildman–Crippen LogP) is 2.94. The number of aliphatic hydroxyl groups is 1. The highest BCUT2D eigenvalue weighted by Crippen LogP contribution is 2.62. The van der Waals surface area contributed by atoms with Gasteiger partial charge in [0.2, 0.25) is 0 Å². The van der Waals surface area contributed by atoms with E-state index in [1.54, 1.807) is 20.8 Å². The van der Waals surface area contributed by atoms with E-state index in [0.29, 0.717) is 19.3 Å². The SMILES string of the molecule is COc1c(O)c2c(c(O)c1C(C)C)C(=O)[C@@H](O)[C@H]1[C@@](C)(C(=O)O)CCC[C@]21C. The molecule has 154 valence electrons. The summed E-state index contributed by atoms with van der Waals surface area (Å²) in [6, 6.07) is 0. The van der Waals surface area contributed by atoms with Crippen LogP contribution in [0.4, 0.5) is 0 Å². The second-order valence-corrected chi connectivity index (χ2v) is 8.83. The van der Waals surface area contributed by atoms with Gasteiger partial charge in [0.25, 0.3) is 0 Å². The Morgan fingerprint density at radius 3 is 2.29 bits per heavy atom. The van der Waals surface area contributed by atoms with Crippen LogP contribution in [0, 0.1) is 11.3 Å². The van der Waals surface area contributed by atoms with Gasteiger partial charge >= 0.3 is 5.97 Å². The Morgan fingerprint density at radius 1 is 1.18 bits per heavy atom. The number of aliphatic hydroxyl groups excluding tert-OH is 1. The van der Waals surface area contributed by atoms with Gasteiger partial charge in [0.05, 0.1) is 18.1 Å². The number of hydrogen-bond acceptors (Lipinski definition) is 6. The number of ether oxygens (including phenoxy) is 1. The van der Waals surface area contributed by atoms with Crippen molar-refractivity contribution in [3.8, 4) is 17.2 Å². The van der Waals surface area contributed by atoms with Crippen LogP contribution in [0.25, 0.3) is 0 Å². The molecule has 0 unspecified atom stereocenters. The zero-order chi connectivity index (χ0) is 21.2. The Labute approximate surface area is 164 Å². The fourth-order valence-electron chi connectivity index (χ4n) is 5.61. The molecule has 0 saturated heterocycles. The van der Waals surface area contributed by atoms with Crippen molar-refractivity contribution >= 4 is 11.8 Å². The predicted molar refractivity (Wildman–Crippen MR) is 101 cm³/mol. The van der Waals surface area contributed by atoms with Crippen LogP contribution in [0.5, 0.6) is 17.2 Å². The summed E-state index contributed by atoms with van der Waals surface area (Å²) < 4.78 is 5.37. The van der Waals surface area contributed by atoms with Gasteiger partial charge in [-0.2, -0.15) is 0 Å². The molecular formula is C21H28O7. The van der Waals surface area contributed by atoms with Gasteiger partial charge in [-0.05, 0) is 25.7 Å². The third-order valence-electron chi connectivity index (χ3n) is 6.88. The van der Waals surface area contributed by atoms with E-state index in [4.69, 9.17) is 4.74 Å². The Kier molecular flexibility index (Phi) is 4.65. The number of ketones is 1. The molecule has 7 heteroatoms. The number of aromatic hydroxyl groups is 2. The van der Waals surface area contributed by atoms with Gasteiger partial charge in [-0.1, -0.05) is 27.2 Å². The smallest absolute Gasteiger partial charge is 0.309 e. The van der Waals surface area contributed by atoms with Crippen molar-refractivity contribution < 1.29 is 34.8 Å². The summed E-state index contributed by atoms with van der Waals surface area (Å²) in [6.45, 7) is 6.87. The lowest BCUT2D eigenvalue weighted by molar-refractivity contribution is -0.161. The van der Waals surface area contributed by atoms with Crippen molar-refractivity contribution in [3.63, 3.8) is 0 Å². The molecule has 4 N–H and O–H groups in total. The van der Waals surface area contributed by atoms with Gasteiger partial charge in [-0.25, -0.2) is 0 Å². The first-order valence-electron chi connectivity index (χ1n) is 9.55. The van der Waals surface area contributed by atoms with Crippen LogP contribution in [-0.4, -0.2) is 45.4 Å². The average molecular weight is 392 g/mol. The number of Topliss-reactive ketones (excluding diaryl/α,β-unsaturated/α-hetero) is 1. The maximum Gasteiger partial charge on any atom is 0.309 e. The van der Waals surface area contributed by atoms with Crippen molar-refractivity contribution in [3.05, 3.63) is 16.7 Å². The number of phenolic OH excluding ortho intramolecular Hbond substituents is 2. The molecular weight excluding hydrogens is 364 g/mol. The van der Waals surface area contributed by atoms with Crippen molar-refractivity contribution in [1.29, 1.82) is 0 Å². The maximum absolute atomic E-state index is 13.1.